The van der Waals surface area contributed by atoms with Crippen molar-refractivity contribution in [1.29, 1.82) is 0 Å². The summed E-state index contributed by atoms with van der Waals surface area (Å²) in [5.74, 6) is 0.255. The van der Waals surface area contributed by atoms with Crippen LogP contribution in [0.15, 0.2) is 48.5 Å². The number of nitrogens with zero attached hydrogens (tertiary/aromatic N) is 2. The first-order valence-electron chi connectivity index (χ1n) is 8.90. The van der Waals surface area contributed by atoms with Gasteiger partial charge in [-0.1, -0.05) is 53.6 Å². The third kappa shape index (κ3) is 5.32. The van der Waals surface area contributed by atoms with E-state index in [0.717, 1.165) is 49.7 Å². The zero-order chi connectivity index (χ0) is 17.6. The Morgan fingerprint density at radius 1 is 1.00 bits per heavy atom. The molecule has 25 heavy (non-hydrogen) atoms. The van der Waals surface area contributed by atoms with E-state index in [0.29, 0.717) is 6.42 Å². The standard InChI is InChI=1S/C21H25ClN2O/c1-17-3-2-4-19(15-17)16-23-11-13-24(14-12-23)21(25)10-7-18-5-8-20(22)9-6-18/h2-6,8-9,15H,7,10-14,16H2,1H3. The topological polar surface area (TPSA) is 23.6 Å². The first-order valence-corrected chi connectivity index (χ1v) is 9.28. The second kappa shape index (κ2) is 8.50. The van der Waals surface area contributed by atoms with Crippen molar-refractivity contribution in [2.75, 3.05) is 26.2 Å². The SMILES string of the molecule is Cc1cccc(CN2CCN(C(=O)CCc3ccc(Cl)cc3)CC2)c1. The molecule has 1 amide bonds. The molecule has 2 aromatic rings. The lowest BCUT2D eigenvalue weighted by Gasteiger charge is -2.35. The molecule has 132 valence electrons. The Hall–Kier alpha value is -1.84. The van der Waals surface area contributed by atoms with Crippen LogP contribution in [-0.4, -0.2) is 41.9 Å². The predicted molar refractivity (Wildman–Crippen MR) is 103 cm³/mol. The molecule has 0 N–H and O–H groups in total. The lowest BCUT2D eigenvalue weighted by atomic mass is 10.1. The molecule has 0 saturated carbocycles. The third-order valence-corrected chi connectivity index (χ3v) is 5.01. The van der Waals surface area contributed by atoms with Crippen molar-refractivity contribution in [2.45, 2.75) is 26.3 Å². The molecule has 1 aliphatic heterocycles. The van der Waals surface area contributed by atoms with Gasteiger partial charge in [0.1, 0.15) is 0 Å². The molecule has 3 rings (SSSR count). The molecule has 0 radical (unpaired) electrons. The van der Waals surface area contributed by atoms with Crippen molar-refractivity contribution in [3.8, 4) is 0 Å². The first-order chi connectivity index (χ1) is 12.1. The summed E-state index contributed by atoms with van der Waals surface area (Å²) < 4.78 is 0. The number of carbonyl (C=O) groups excluding carboxylic acids is 1. The minimum atomic E-state index is 0.255. The molecule has 1 aliphatic rings. The number of hydrogen-bond donors (Lipinski definition) is 0. The van der Waals surface area contributed by atoms with E-state index in [2.05, 4.69) is 36.1 Å². The van der Waals surface area contributed by atoms with E-state index < -0.39 is 0 Å². The van der Waals surface area contributed by atoms with Gasteiger partial charge in [0, 0.05) is 44.2 Å². The smallest absolute Gasteiger partial charge is 0.222 e. The van der Waals surface area contributed by atoms with E-state index in [1.54, 1.807) is 0 Å². The van der Waals surface area contributed by atoms with Gasteiger partial charge in [0.05, 0.1) is 0 Å². The van der Waals surface area contributed by atoms with E-state index in [9.17, 15) is 4.79 Å². The number of rotatable bonds is 5. The first kappa shape index (κ1) is 18.0. The quantitative estimate of drug-likeness (QED) is 0.810. The Morgan fingerprint density at radius 2 is 1.72 bits per heavy atom. The largest absolute Gasteiger partial charge is 0.340 e. The van der Waals surface area contributed by atoms with E-state index in [1.807, 2.05) is 29.2 Å². The number of piperazine rings is 1. The predicted octanol–water partition coefficient (Wildman–Crippen LogP) is 3.93. The van der Waals surface area contributed by atoms with Gasteiger partial charge < -0.3 is 4.90 Å². The molecule has 3 nitrogen and oxygen atoms in total. The van der Waals surface area contributed by atoms with Crippen molar-refractivity contribution >= 4 is 17.5 Å². The van der Waals surface area contributed by atoms with Gasteiger partial charge in [0.2, 0.25) is 5.91 Å². The van der Waals surface area contributed by atoms with Gasteiger partial charge in [-0.15, -0.1) is 0 Å². The zero-order valence-corrected chi connectivity index (χ0v) is 15.5. The van der Waals surface area contributed by atoms with Crippen molar-refractivity contribution in [3.05, 3.63) is 70.2 Å². The molecule has 1 saturated heterocycles. The van der Waals surface area contributed by atoms with Crippen LogP contribution in [0.5, 0.6) is 0 Å². The summed E-state index contributed by atoms with van der Waals surface area (Å²) in [5, 5.41) is 0.736. The average Bonchev–Trinajstić information content (AvgIpc) is 2.62. The van der Waals surface area contributed by atoms with Crippen molar-refractivity contribution in [2.24, 2.45) is 0 Å². The van der Waals surface area contributed by atoms with Gasteiger partial charge in [-0.3, -0.25) is 9.69 Å². The molecule has 0 atom stereocenters. The maximum Gasteiger partial charge on any atom is 0.222 e. The summed E-state index contributed by atoms with van der Waals surface area (Å²) in [6.07, 6.45) is 1.35. The molecule has 0 spiro atoms. The molecule has 1 heterocycles. The number of aryl methyl sites for hydroxylation is 2. The second-order valence-corrected chi connectivity index (χ2v) is 7.21. The fraction of sp³-hybridized carbons (Fsp3) is 0.381. The van der Waals surface area contributed by atoms with Gasteiger partial charge >= 0.3 is 0 Å². The third-order valence-electron chi connectivity index (χ3n) is 4.75. The highest BCUT2D eigenvalue weighted by Crippen LogP contribution is 2.14. The summed E-state index contributed by atoms with van der Waals surface area (Å²) in [6.45, 7) is 6.63. The van der Waals surface area contributed by atoms with Crippen LogP contribution in [0.2, 0.25) is 5.02 Å². The van der Waals surface area contributed by atoms with Crippen molar-refractivity contribution < 1.29 is 4.79 Å². The number of amides is 1. The molecule has 0 aliphatic carbocycles. The molecular formula is C21H25ClN2O. The molecule has 0 bridgehead atoms. The minimum absolute atomic E-state index is 0.255. The summed E-state index contributed by atoms with van der Waals surface area (Å²) in [7, 11) is 0. The van der Waals surface area contributed by atoms with Gasteiger partial charge in [-0.2, -0.15) is 0 Å². The highest BCUT2D eigenvalue weighted by Gasteiger charge is 2.20. The van der Waals surface area contributed by atoms with Gasteiger partial charge in [-0.25, -0.2) is 0 Å². The molecule has 4 heteroatoms. The summed E-state index contributed by atoms with van der Waals surface area (Å²) in [4.78, 5) is 16.9. The van der Waals surface area contributed by atoms with Gasteiger partial charge in [0.15, 0.2) is 0 Å². The van der Waals surface area contributed by atoms with Crippen molar-refractivity contribution in [1.82, 2.24) is 9.80 Å². The van der Waals surface area contributed by atoms with Crippen LogP contribution >= 0.6 is 11.6 Å². The Kier molecular flexibility index (Phi) is 6.11. The number of halogens is 1. The van der Waals surface area contributed by atoms with Gasteiger partial charge in [0.25, 0.3) is 0 Å². The summed E-state index contributed by atoms with van der Waals surface area (Å²) in [5.41, 5.74) is 3.81. The Morgan fingerprint density at radius 3 is 2.40 bits per heavy atom. The van der Waals surface area contributed by atoms with Crippen LogP contribution in [0.1, 0.15) is 23.1 Å². The Balaban J connectivity index is 1.43. The van der Waals surface area contributed by atoms with Gasteiger partial charge in [-0.05, 0) is 36.6 Å². The molecular weight excluding hydrogens is 332 g/mol. The molecule has 0 aromatic heterocycles. The maximum absolute atomic E-state index is 12.4. The number of hydrogen-bond acceptors (Lipinski definition) is 2. The van der Waals surface area contributed by atoms with Crippen LogP contribution in [-0.2, 0) is 17.8 Å². The lowest BCUT2D eigenvalue weighted by molar-refractivity contribution is -0.133. The summed E-state index contributed by atoms with van der Waals surface area (Å²) >= 11 is 5.90. The monoisotopic (exact) mass is 356 g/mol. The summed E-state index contributed by atoms with van der Waals surface area (Å²) in [6, 6.07) is 16.4. The number of carbonyl (C=O) groups is 1. The van der Waals surface area contributed by atoms with E-state index in [-0.39, 0.29) is 5.91 Å². The fourth-order valence-electron chi connectivity index (χ4n) is 3.28. The zero-order valence-electron chi connectivity index (χ0n) is 14.7. The molecule has 1 fully saturated rings. The van der Waals surface area contributed by atoms with E-state index in [1.165, 1.54) is 11.1 Å². The average molecular weight is 357 g/mol. The molecule has 2 aromatic carbocycles. The Bertz CT molecular complexity index is 706. The molecule has 0 unspecified atom stereocenters. The fourth-order valence-corrected chi connectivity index (χ4v) is 3.41. The van der Waals surface area contributed by atoms with E-state index in [4.69, 9.17) is 11.6 Å². The van der Waals surface area contributed by atoms with Crippen LogP contribution in [0.3, 0.4) is 0 Å². The minimum Gasteiger partial charge on any atom is -0.340 e. The lowest BCUT2D eigenvalue weighted by Crippen LogP contribution is -2.48. The van der Waals surface area contributed by atoms with Crippen LogP contribution in [0, 0.1) is 6.92 Å². The van der Waals surface area contributed by atoms with E-state index >= 15 is 0 Å². The van der Waals surface area contributed by atoms with Crippen LogP contribution < -0.4 is 0 Å². The van der Waals surface area contributed by atoms with Crippen LogP contribution in [0.4, 0.5) is 0 Å². The van der Waals surface area contributed by atoms with Crippen molar-refractivity contribution in [3.63, 3.8) is 0 Å². The maximum atomic E-state index is 12.4. The Labute approximate surface area is 155 Å². The van der Waals surface area contributed by atoms with Crippen LogP contribution in [0.25, 0.3) is 0 Å². The normalized spacial score (nSPS) is 15.4. The highest BCUT2D eigenvalue weighted by atomic mass is 35.5. The second-order valence-electron chi connectivity index (χ2n) is 6.77. The highest BCUT2D eigenvalue weighted by molar-refractivity contribution is 6.30. The number of benzene rings is 2.